The molecular formula is C15H6F16N2O5. The lowest BCUT2D eigenvalue weighted by Crippen LogP contribution is -2.74. The van der Waals surface area contributed by atoms with Crippen molar-refractivity contribution in [3.8, 4) is 5.75 Å². The van der Waals surface area contributed by atoms with Crippen LogP contribution < -0.4 is 4.74 Å². The van der Waals surface area contributed by atoms with Gasteiger partial charge in [0.2, 0.25) is 0 Å². The predicted molar refractivity (Wildman–Crippen MR) is 85.9 cm³/mol. The fraction of sp³-hybridized carbons (Fsp3) is 0.600. The molecule has 1 rings (SSSR count). The number of halogens is 16. The van der Waals surface area contributed by atoms with Crippen LogP contribution in [0.3, 0.4) is 0 Å². The highest BCUT2D eigenvalue weighted by Gasteiger charge is 2.93. The van der Waals surface area contributed by atoms with Gasteiger partial charge in [0, 0.05) is 6.07 Å². The third-order valence-corrected chi connectivity index (χ3v) is 4.49. The van der Waals surface area contributed by atoms with Gasteiger partial charge < -0.3 is 4.74 Å². The molecule has 0 aliphatic carbocycles. The first-order valence-electron chi connectivity index (χ1n) is 8.63. The smallest absolute Gasteiger partial charge is 0.385 e. The van der Waals surface area contributed by atoms with Crippen molar-refractivity contribution in [3.05, 3.63) is 38.4 Å². The van der Waals surface area contributed by atoms with Crippen LogP contribution in [-0.4, -0.2) is 64.3 Å². The number of alkyl halides is 16. The van der Waals surface area contributed by atoms with E-state index in [2.05, 4.69) is 4.74 Å². The Hall–Kier alpha value is -3.30. The van der Waals surface area contributed by atoms with Crippen molar-refractivity contribution in [2.75, 3.05) is 6.61 Å². The molecule has 0 unspecified atom stereocenters. The molecule has 0 aromatic heterocycles. The van der Waals surface area contributed by atoms with Gasteiger partial charge in [0.15, 0.2) is 12.4 Å². The van der Waals surface area contributed by atoms with Crippen LogP contribution in [0.4, 0.5) is 81.6 Å². The lowest BCUT2D eigenvalue weighted by molar-refractivity contribution is -0.447. The van der Waals surface area contributed by atoms with Gasteiger partial charge in [-0.3, -0.25) is 20.2 Å². The Morgan fingerprint density at radius 1 is 0.684 bits per heavy atom. The first-order chi connectivity index (χ1) is 16.6. The highest BCUT2D eigenvalue weighted by Crippen LogP contribution is 2.62. The Bertz CT molecular complexity index is 1080. The van der Waals surface area contributed by atoms with E-state index >= 15 is 0 Å². The van der Waals surface area contributed by atoms with Gasteiger partial charge in [-0.15, -0.1) is 0 Å². The highest BCUT2D eigenvalue weighted by atomic mass is 19.4. The molecule has 0 aliphatic heterocycles. The van der Waals surface area contributed by atoms with Crippen LogP contribution in [0, 0.1) is 20.2 Å². The molecule has 0 heterocycles. The predicted octanol–water partition coefficient (Wildman–Crippen LogP) is 6.59. The summed E-state index contributed by atoms with van der Waals surface area (Å²) < 4.78 is 216. The molecular weight excluding hydrogens is 592 g/mol. The van der Waals surface area contributed by atoms with Gasteiger partial charge >= 0.3 is 53.6 Å². The maximum absolute atomic E-state index is 13.8. The normalized spacial score (nSPS) is 14.6. The summed E-state index contributed by atoms with van der Waals surface area (Å²) in [4.78, 5) is 18.4. The van der Waals surface area contributed by atoms with Crippen LogP contribution in [0.1, 0.15) is 0 Å². The van der Waals surface area contributed by atoms with Crippen molar-refractivity contribution in [1.82, 2.24) is 0 Å². The largest absolute Gasteiger partial charge is 0.480 e. The standard InChI is InChI=1S/C15H6F16N2O5/c16-8(17)10(20,21)12(24,25)14(28,29)15(30,31)13(26,27)11(22,23)9(18,19)4-38-7-2-1-5(32(34)35)3-6(7)33(36)37/h1-3,8H,4H2. The van der Waals surface area contributed by atoms with Crippen molar-refractivity contribution < 1.29 is 84.8 Å². The molecule has 38 heavy (non-hydrogen) atoms. The molecule has 7 nitrogen and oxygen atoms in total. The van der Waals surface area contributed by atoms with Crippen molar-refractivity contribution in [2.24, 2.45) is 0 Å². The second-order valence-corrected chi connectivity index (χ2v) is 6.95. The van der Waals surface area contributed by atoms with E-state index in [0.29, 0.717) is 0 Å². The summed E-state index contributed by atoms with van der Waals surface area (Å²) in [5, 5.41) is 21.4. The minimum Gasteiger partial charge on any atom is -0.480 e. The molecule has 0 radical (unpaired) electrons. The summed E-state index contributed by atoms with van der Waals surface area (Å²) in [5.74, 6) is -57.9. The van der Waals surface area contributed by atoms with Crippen molar-refractivity contribution in [2.45, 2.75) is 47.9 Å². The number of benzene rings is 1. The number of nitro benzene ring substituents is 2. The van der Waals surface area contributed by atoms with Crippen molar-refractivity contribution in [1.29, 1.82) is 0 Å². The molecule has 23 heteroatoms. The van der Waals surface area contributed by atoms with Gasteiger partial charge in [0.05, 0.1) is 15.9 Å². The maximum Gasteiger partial charge on any atom is 0.385 e. The fourth-order valence-corrected chi connectivity index (χ4v) is 2.31. The van der Waals surface area contributed by atoms with E-state index in [0.717, 1.165) is 0 Å². The van der Waals surface area contributed by atoms with Gasteiger partial charge in [-0.2, -0.15) is 61.5 Å². The fourth-order valence-electron chi connectivity index (χ4n) is 2.31. The van der Waals surface area contributed by atoms with E-state index in [1.165, 1.54) is 0 Å². The number of hydrogen-bond acceptors (Lipinski definition) is 5. The van der Waals surface area contributed by atoms with E-state index in [4.69, 9.17) is 0 Å². The van der Waals surface area contributed by atoms with Crippen LogP contribution in [-0.2, 0) is 0 Å². The Morgan fingerprint density at radius 3 is 1.50 bits per heavy atom. The lowest BCUT2D eigenvalue weighted by Gasteiger charge is -2.42. The van der Waals surface area contributed by atoms with E-state index in [1.54, 1.807) is 0 Å². The third kappa shape index (κ3) is 4.69. The third-order valence-electron chi connectivity index (χ3n) is 4.49. The molecule has 0 fully saturated rings. The number of nitro groups is 2. The number of hydrogen-bond donors (Lipinski definition) is 0. The molecule has 0 saturated carbocycles. The van der Waals surface area contributed by atoms with Crippen LogP contribution in [0.2, 0.25) is 0 Å². The Balaban J connectivity index is 3.50. The Labute approximate surface area is 196 Å². The van der Waals surface area contributed by atoms with Crippen LogP contribution in [0.15, 0.2) is 18.2 Å². The van der Waals surface area contributed by atoms with E-state index in [1.807, 2.05) is 0 Å². The molecule has 0 amide bonds. The van der Waals surface area contributed by atoms with Crippen molar-refractivity contribution >= 4 is 11.4 Å². The van der Waals surface area contributed by atoms with E-state index in [9.17, 15) is 90.5 Å². The molecule has 0 bridgehead atoms. The summed E-state index contributed by atoms with van der Waals surface area (Å²) in [5.41, 5.74) is -2.84. The zero-order valence-corrected chi connectivity index (χ0v) is 17.0. The lowest BCUT2D eigenvalue weighted by atomic mass is 9.89. The second-order valence-electron chi connectivity index (χ2n) is 6.95. The average molecular weight is 598 g/mol. The van der Waals surface area contributed by atoms with Gasteiger partial charge in [-0.05, 0) is 6.07 Å². The zero-order valence-electron chi connectivity index (χ0n) is 17.0. The number of nitrogens with zero attached hydrogens (tertiary/aromatic N) is 2. The van der Waals surface area contributed by atoms with Crippen LogP contribution in [0.5, 0.6) is 5.75 Å². The molecule has 0 spiro atoms. The second kappa shape index (κ2) is 9.47. The Kier molecular flexibility index (Phi) is 8.15. The molecule has 218 valence electrons. The molecule has 0 N–H and O–H groups in total. The zero-order chi connectivity index (χ0) is 30.5. The minimum atomic E-state index is -8.60. The SMILES string of the molecule is O=[N+]([O-])c1ccc(OCC(F)(F)C(F)(F)C(F)(F)C(F)(F)C(F)(F)C(F)(F)C(F)(F)C(F)F)c([N+](=O)[O-])c1. The van der Waals surface area contributed by atoms with E-state index in [-0.39, 0.29) is 18.2 Å². The first-order valence-corrected chi connectivity index (χ1v) is 8.63. The minimum absolute atomic E-state index is 0.0400. The Morgan fingerprint density at radius 2 is 1.11 bits per heavy atom. The van der Waals surface area contributed by atoms with Crippen molar-refractivity contribution in [3.63, 3.8) is 0 Å². The first kappa shape index (κ1) is 32.7. The van der Waals surface area contributed by atoms with Gasteiger partial charge in [0.1, 0.15) is 0 Å². The summed E-state index contributed by atoms with van der Waals surface area (Å²) >= 11 is 0. The monoisotopic (exact) mass is 598 g/mol. The molecule has 0 atom stereocenters. The van der Waals surface area contributed by atoms with Crippen LogP contribution >= 0.6 is 0 Å². The summed E-state index contributed by atoms with van der Waals surface area (Å²) in [7, 11) is 0. The molecule has 0 aliphatic rings. The average Bonchev–Trinajstić information content (AvgIpc) is 2.76. The van der Waals surface area contributed by atoms with Gasteiger partial charge in [-0.25, -0.2) is 8.78 Å². The summed E-state index contributed by atoms with van der Waals surface area (Å²) in [6.45, 7) is -3.38. The summed E-state index contributed by atoms with van der Waals surface area (Å²) in [6, 6.07) is 0.214. The molecule has 1 aromatic carbocycles. The summed E-state index contributed by atoms with van der Waals surface area (Å²) in [6.07, 6.45) is -5.97. The number of rotatable bonds is 12. The van der Waals surface area contributed by atoms with Gasteiger partial charge in [0.25, 0.3) is 5.69 Å². The van der Waals surface area contributed by atoms with Crippen LogP contribution in [0.25, 0.3) is 0 Å². The maximum atomic E-state index is 13.8. The van der Waals surface area contributed by atoms with Gasteiger partial charge in [-0.1, -0.05) is 0 Å². The number of ether oxygens (including phenoxy) is 1. The number of non-ortho nitro benzene ring substituents is 1. The van der Waals surface area contributed by atoms with E-state index < -0.39 is 81.5 Å². The molecule has 0 saturated heterocycles. The molecule has 1 aromatic rings. The highest BCUT2D eigenvalue weighted by molar-refractivity contribution is 5.53. The quantitative estimate of drug-likeness (QED) is 0.154. The topological polar surface area (TPSA) is 95.5 Å².